The molecule has 64 heavy (non-hydrogen) atoms. The summed E-state index contributed by atoms with van der Waals surface area (Å²) in [7, 11) is 0. The first-order valence-electron chi connectivity index (χ1n) is 24.6. The summed E-state index contributed by atoms with van der Waals surface area (Å²) in [4.78, 5) is 37.9. The van der Waals surface area contributed by atoms with Gasteiger partial charge in [0.05, 0.1) is 0 Å². The highest BCUT2D eigenvalue weighted by atomic mass is 16.6. The molecule has 0 saturated heterocycles. The fourth-order valence-electron chi connectivity index (χ4n) is 5.87. The van der Waals surface area contributed by atoms with Crippen LogP contribution in [0.5, 0.6) is 0 Å². The van der Waals surface area contributed by atoms with Gasteiger partial charge < -0.3 is 14.2 Å². The second-order valence-corrected chi connectivity index (χ2v) is 15.4. The second kappa shape index (κ2) is 50.7. The summed E-state index contributed by atoms with van der Waals surface area (Å²) in [6, 6.07) is 0. The molecule has 0 aromatic carbocycles. The van der Waals surface area contributed by atoms with Crippen molar-refractivity contribution < 1.29 is 28.6 Å². The minimum atomic E-state index is -0.829. The Bertz CT molecular complexity index is 1520. The maximum atomic E-state index is 12.8. The average molecular weight is 879 g/mol. The van der Waals surface area contributed by atoms with Gasteiger partial charge in [-0.2, -0.15) is 0 Å². The zero-order chi connectivity index (χ0) is 46.5. The lowest BCUT2D eigenvalue weighted by Crippen LogP contribution is -2.30. The molecule has 0 N–H and O–H groups in total. The zero-order valence-corrected chi connectivity index (χ0v) is 40.2. The van der Waals surface area contributed by atoms with Crippen LogP contribution in [0.2, 0.25) is 0 Å². The van der Waals surface area contributed by atoms with E-state index in [4.69, 9.17) is 14.2 Å². The molecule has 0 heterocycles. The molecule has 6 nitrogen and oxygen atoms in total. The summed E-state index contributed by atoms with van der Waals surface area (Å²) in [6.45, 7) is 6.12. The molecule has 0 bridgehead atoms. The van der Waals surface area contributed by atoms with Gasteiger partial charge >= 0.3 is 17.9 Å². The molecule has 0 aliphatic carbocycles. The maximum absolute atomic E-state index is 12.8. The van der Waals surface area contributed by atoms with Crippen LogP contribution in [0.15, 0.2) is 158 Å². The van der Waals surface area contributed by atoms with E-state index in [-0.39, 0.29) is 44.0 Å². The van der Waals surface area contributed by atoms with E-state index >= 15 is 0 Å². The summed E-state index contributed by atoms with van der Waals surface area (Å²) >= 11 is 0. The van der Waals surface area contributed by atoms with E-state index in [0.717, 1.165) is 116 Å². The Morgan fingerprint density at radius 3 is 1.08 bits per heavy atom. The topological polar surface area (TPSA) is 78.9 Å². The number of allylic oxidation sites excluding steroid dienone is 26. The molecule has 1 unspecified atom stereocenters. The first-order valence-corrected chi connectivity index (χ1v) is 24.6. The normalized spacial score (nSPS) is 13.5. The Balaban J connectivity index is 4.61. The summed E-state index contributed by atoms with van der Waals surface area (Å²) in [6.07, 6.45) is 73.6. The highest BCUT2D eigenvalue weighted by Gasteiger charge is 2.19. The number of carbonyl (C=O) groups is 3. The van der Waals surface area contributed by atoms with Crippen LogP contribution in [0.25, 0.3) is 0 Å². The lowest BCUT2D eigenvalue weighted by atomic mass is 10.1. The molecule has 0 radical (unpaired) electrons. The number of carbonyl (C=O) groups excluding carboxylic acids is 3. The van der Waals surface area contributed by atoms with Gasteiger partial charge in [-0.3, -0.25) is 14.4 Å². The van der Waals surface area contributed by atoms with E-state index in [2.05, 4.69) is 112 Å². The molecule has 1 atom stereocenters. The van der Waals surface area contributed by atoms with E-state index in [1.54, 1.807) is 0 Å². The first-order chi connectivity index (χ1) is 31.5. The minimum Gasteiger partial charge on any atom is -0.462 e. The third-order valence-electron chi connectivity index (χ3n) is 9.48. The van der Waals surface area contributed by atoms with Gasteiger partial charge in [-0.15, -0.1) is 0 Å². The molecule has 0 aliphatic heterocycles. The van der Waals surface area contributed by atoms with Gasteiger partial charge in [0.15, 0.2) is 6.10 Å². The molecule has 0 saturated carbocycles. The summed E-state index contributed by atoms with van der Waals surface area (Å²) < 4.78 is 16.7. The number of unbranched alkanes of at least 4 members (excludes halogenated alkanes) is 11. The summed E-state index contributed by atoms with van der Waals surface area (Å²) in [5.41, 5.74) is 0. The summed E-state index contributed by atoms with van der Waals surface area (Å²) in [5.74, 6) is -1.04. The SMILES string of the molecule is CC\C=C/C=C\C=C/C=C\C=C\C=C/CCCCCC(=O)OCC(COC(=O)CCCCCCC\C=C/C=C\C=C/CC)OC(=O)CCCCC/C=C\C/C=C\C/C=C\C/C=C\CC. The van der Waals surface area contributed by atoms with Crippen LogP contribution in [-0.4, -0.2) is 37.2 Å². The van der Waals surface area contributed by atoms with Gasteiger partial charge in [0.2, 0.25) is 0 Å². The Kier molecular flexibility index (Phi) is 46.7. The molecule has 0 aliphatic rings. The van der Waals surface area contributed by atoms with Crippen LogP contribution < -0.4 is 0 Å². The molecule has 354 valence electrons. The Morgan fingerprint density at radius 1 is 0.328 bits per heavy atom. The van der Waals surface area contributed by atoms with Crippen molar-refractivity contribution in [1.82, 2.24) is 0 Å². The van der Waals surface area contributed by atoms with Gasteiger partial charge in [-0.1, -0.05) is 211 Å². The highest BCUT2D eigenvalue weighted by Crippen LogP contribution is 2.11. The fraction of sp³-hybridized carbons (Fsp3) is 0.500. The molecule has 0 spiro atoms. The standard InChI is InChI=1S/C58H86O6/c1-4-7-10-13-16-19-22-25-27-29-31-33-36-39-42-45-48-51-57(60)63-54-55(53-62-56(59)50-47-44-41-38-35-32-24-21-18-15-12-9-6-3)64-58(61)52-49-46-43-40-37-34-30-28-26-23-20-17-14-11-8-5-2/h7-13,15-22,24-29,31,33-34,36-37,55H,4-6,14,23,30,32,35,38-54H2,1-3H3/b10-7-,11-8-,12-9-,16-13-,18-15-,20-17-,22-19-,24-21-,27-25-,28-26-,31-29+,36-33-,37-34-. The Morgan fingerprint density at radius 2 is 0.641 bits per heavy atom. The van der Waals surface area contributed by atoms with Gasteiger partial charge in [-0.25, -0.2) is 0 Å². The number of ether oxygens (including phenoxy) is 3. The molecule has 0 rings (SSSR count). The van der Waals surface area contributed by atoms with E-state index < -0.39 is 6.10 Å². The zero-order valence-electron chi connectivity index (χ0n) is 40.2. The smallest absolute Gasteiger partial charge is 0.306 e. The van der Waals surface area contributed by atoms with E-state index in [9.17, 15) is 14.4 Å². The predicted octanol–water partition coefficient (Wildman–Crippen LogP) is 16.2. The predicted molar refractivity (Wildman–Crippen MR) is 274 cm³/mol. The van der Waals surface area contributed by atoms with E-state index in [0.29, 0.717) is 19.3 Å². The maximum Gasteiger partial charge on any atom is 0.306 e. The van der Waals surface area contributed by atoms with Crippen LogP contribution in [-0.2, 0) is 28.6 Å². The van der Waals surface area contributed by atoms with Crippen molar-refractivity contribution in [2.24, 2.45) is 0 Å². The van der Waals surface area contributed by atoms with Crippen LogP contribution >= 0.6 is 0 Å². The number of hydrogen-bond donors (Lipinski definition) is 0. The second-order valence-electron chi connectivity index (χ2n) is 15.4. The monoisotopic (exact) mass is 879 g/mol. The quantitative estimate of drug-likeness (QED) is 0.0200. The lowest BCUT2D eigenvalue weighted by Gasteiger charge is -2.18. The number of hydrogen-bond acceptors (Lipinski definition) is 6. The van der Waals surface area contributed by atoms with Gasteiger partial charge in [0.1, 0.15) is 13.2 Å². The third kappa shape index (κ3) is 48.1. The lowest BCUT2D eigenvalue weighted by molar-refractivity contribution is -0.167. The highest BCUT2D eigenvalue weighted by molar-refractivity contribution is 5.71. The third-order valence-corrected chi connectivity index (χ3v) is 9.48. The molecular weight excluding hydrogens is 793 g/mol. The molecule has 0 aromatic heterocycles. The first kappa shape index (κ1) is 59.0. The number of esters is 3. The average Bonchev–Trinajstić information content (AvgIpc) is 3.29. The Labute approximate surface area is 390 Å². The van der Waals surface area contributed by atoms with E-state index in [1.165, 1.54) is 0 Å². The van der Waals surface area contributed by atoms with Crippen molar-refractivity contribution in [2.75, 3.05) is 13.2 Å². The molecule has 0 amide bonds. The molecule has 0 aromatic rings. The summed E-state index contributed by atoms with van der Waals surface area (Å²) in [5, 5.41) is 0. The Hall–Kier alpha value is -4.97. The van der Waals surface area contributed by atoms with Crippen LogP contribution in [0.4, 0.5) is 0 Å². The number of rotatable bonds is 41. The van der Waals surface area contributed by atoms with Gasteiger partial charge in [0.25, 0.3) is 0 Å². The van der Waals surface area contributed by atoms with Crippen LogP contribution in [0.3, 0.4) is 0 Å². The fourth-order valence-corrected chi connectivity index (χ4v) is 5.87. The minimum absolute atomic E-state index is 0.125. The van der Waals surface area contributed by atoms with Crippen molar-refractivity contribution in [3.05, 3.63) is 158 Å². The van der Waals surface area contributed by atoms with Crippen molar-refractivity contribution in [2.45, 2.75) is 175 Å². The van der Waals surface area contributed by atoms with Crippen molar-refractivity contribution in [3.63, 3.8) is 0 Å². The molecular formula is C58H86O6. The van der Waals surface area contributed by atoms with Crippen LogP contribution in [0.1, 0.15) is 168 Å². The molecule has 6 heteroatoms. The molecule has 0 fully saturated rings. The van der Waals surface area contributed by atoms with Crippen LogP contribution in [0, 0.1) is 0 Å². The largest absolute Gasteiger partial charge is 0.462 e. The van der Waals surface area contributed by atoms with E-state index in [1.807, 2.05) is 66.8 Å². The van der Waals surface area contributed by atoms with Gasteiger partial charge in [-0.05, 0) is 96.3 Å². The van der Waals surface area contributed by atoms with Crippen molar-refractivity contribution in [3.8, 4) is 0 Å². The van der Waals surface area contributed by atoms with Gasteiger partial charge in [0, 0.05) is 19.3 Å². The van der Waals surface area contributed by atoms with Crippen molar-refractivity contribution >= 4 is 17.9 Å². The van der Waals surface area contributed by atoms with Crippen molar-refractivity contribution in [1.29, 1.82) is 0 Å².